The fourth-order valence-corrected chi connectivity index (χ4v) is 4.53. The first kappa shape index (κ1) is 26.3. The highest BCUT2D eigenvalue weighted by Gasteiger charge is 2.20. The Hall–Kier alpha value is -2.33. The van der Waals surface area contributed by atoms with Crippen LogP contribution in [0.3, 0.4) is 0 Å². The number of aliphatic imine (C=N–C) groups is 1. The van der Waals surface area contributed by atoms with Crippen molar-refractivity contribution in [1.29, 1.82) is 0 Å². The maximum Gasteiger partial charge on any atom is 0.321 e. The van der Waals surface area contributed by atoms with Crippen LogP contribution in [-0.2, 0) is 13.1 Å². The molecular weight excluding hydrogens is 539 g/mol. The van der Waals surface area contributed by atoms with Crippen molar-refractivity contribution in [1.82, 2.24) is 20.4 Å². The Morgan fingerprint density at radius 3 is 2.38 bits per heavy atom. The molecule has 2 fully saturated rings. The molecule has 0 unspecified atom stereocenters. The number of guanidine groups is 1. The highest BCUT2D eigenvalue weighted by molar-refractivity contribution is 14.0. The van der Waals surface area contributed by atoms with Gasteiger partial charge < -0.3 is 20.9 Å². The number of nitrogens with zero attached hydrogens (tertiary/aromatic N) is 3. The van der Waals surface area contributed by atoms with Crippen molar-refractivity contribution < 1.29 is 4.79 Å². The average molecular weight is 577 g/mol. The molecule has 2 aromatic rings. The number of hydrogen-bond acceptors (Lipinski definition) is 3. The first-order valence-corrected chi connectivity index (χ1v) is 12.1. The van der Waals surface area contributed by atoms with Crippen LogP contribution in [0.15, 0.2) is 59.6 Å². The Kier molecular flexibility index (Phi) is 10.5. The second kappa shape index (κ2) is 13.5. The molecule has 184 valence electrons. The Morgan fingerprint density at radius 1 is 0.971 bits per heavy atom. The number of nitrogens with one attached hydrogen (secondary N) is 3. The van der Waals surface area contributed by atoms with Crippen molar-refractivity contribution in [3.05, 3.63) is 65.7 Å². The zero-order valence-electron chi connectivity index (χ0n) is 20.0. The Bertz CT molecular complexity index is 924. The van der Waals surface area contributed by atoms with Crippen molar-refractivity contribution in [3.63, 3.8) is 0 Å². The van der Waals surface area contributed by atoms with Gasteiger partial charge in [-0.15, -0.1) is 24.0 Å². The van der Waals surface area contributed by atoms with Gasteiger partial charge in [-0.25, -0.2) is 4.79 Å². The lowest BCUT2D eigenvalue weighted by Crippen LogP contribution is -2.48. The van der Waals surface area contributed by atoms with Crippen LogP contribution in [0.25, 0.3) is 0 Å². The highest BCUT2D eigenvalue weighted by atomic mass is 127. The van der Waals surface area contributed by atoms with Crippen molar-refractivity contribution >= 4 is 41.7 Å². The molecule has 0 aromatic heterocycles. The lowest BCUT2D eigenvalue weighted by atomic mass is 10.0. The van der Waals surface area contributed by atoms with Gasteiger partial charge in [-0.2, -0.15) is 0 Å². The van der Waals surface area contributed by atoms with Gasteiger partial charge in [0.15, 0.2) is 5.96 Å². The number of hydrogen-bond donors (Lipinski definition) is 3. The van der Waals surface area contributed by atoms with E-state index in [4.69, 9.17) is 0 Å². The van der Waals surface area contributed by atoms with Crippen LogP contribution in [-0.4, -0.2) is 61.1 Å². The smallest absolute Gasteiger partial charge is 0.321 e. The average Bonchev–Trinajstić information content (AvgIpc) is 3.39. The lowest BCUT2D eigenvalue weighted by Gasteiger charge is -2.33. The molecule has 2 aliphatic rings. The summed E-state index contributed by atoms with van der Waals surface area (Å²) in [5.74, 6) is 0.822. The van der Waals surface area contributed by atoms with E-state index in [9.17, 15) is 4.79 Å². The van der Waals surface area contributed by atoms with Crippen molar-refractivity contribution in [2.75, 3.05) is 38.5 Å². The van der Waals surface area contributed by atoms with Crippen molar-refractivity contribution in [3.8, 4) is 0 Å². The van der Waals surface area contributed by atoms with Crippen LogP contribution in [0, 0.1) is 0 Å². The summed E-state index contributed by atoms with van der Waals surface area (Å²) in [5, 5.41) is 10.0. The van der Waals surface area contributed by atoms with E-state index in [-0.39, 0.29) is 30.0 Å². The number of anilines is 1. The molecule has 2 aliphatic heterocycles. The molecule has 0 radical (unpaired) electrons. The van der Waals surface area contributed by atoms with E-state index in [0.717, 1.165) is 75.6 Å². The number of likely N-dealkylation sites (tertiary alicyclic amines) is 2. The van der Waals surface area contributed by atoms with Crippen LogP contribution < -0.4 is 16.0 Å². The van der Waals surface area contributed by atoms with Crippen LogP contribution in [0.4, 0.5) is 10.5 Å². The maximum absolute atomic E-state index is 12.4. The van der Waals surface area contributed by atoms with Crippen LogP contribution in [0.1, 0.15) is 36.8 Å². The molecule has 0 spiro atoms. The standard InChI is InChI=1S/C26H36N6O.HI/c1-27-25(29-23-12-16-31(17-13-23)20-21-8-3-2-4-9-21)28-19-22-10-7-11-24(18-22)30-26(33)32-14-5-6-15-32;/h2-4,7-11,18,23H,5-6,12-17,19-20H2,1H3,(H,30,33)(H2,27,28,29);1H. The number of carbonyl (C=O) groups excluding carboxylic acids is 1. The third-order valence-electron chi connectivity index (χ3n) is 6.43. The quantitative estimate of drug-likeness (QED) is 0.273. The summed E-state index contributed by atoms with van der Waals surface area (Å²) in [6.07, 6.45) is 4.39. The van der Waals surface area contributed by atoms with Gasteiger partial charge in [0.25, 0.3) is 0 Å². The van der Waals surface area contributed by atoms with E-state index in [0.29, 0.717) is 12.6 Å². The summed E-state index contributed by atoms with van der Waals surface area (Å²) in [5.41, 5.74) is 3.31. The molecule has 0 aliphatic carbocycles. The predicted octanol–water partition coefficient (Wildman–Crippen LogP) is 4.26. The molecule has 2 amide bonds. The topological polar surface area (TPSA) is 72.0 Å². The second-order valence-electron chi connectivity index (χ2n) is 8.93. The SMILES string of the molecule is CN=C(NCc1cccc(NC(=O)N2CCCC2)c1)NC1CCN(Cc2ccccc2)CC1.I. The van der Waals surface area contributed by atoms with Gasteiger partial charge >= 0.3 is 6.03 Å². The van der Waals surface area contributed by atoms with Crippen LogP contribution in [0.5, 0.6) is 0 Å². The first-order chi connectivity index (χ1) is 16.2. The summed E-state index contributed by atoms with van der Waals surface area (Å²) in [7, 11) is 1.81. The lowest BCUT2D eigenvalue weighted by molar-refractivity contribution is 0.198. The second-order valence-corrected chi connectivity index (χ2v) is 8.93. The third kappa shape index (κ3) is 7.87. The normalized spacial score (nSPS) is 17.2. The van der Waals surface area contributed by atoms with Gasteiger partial charge in [0.2, 0.25) is 0 Å². The molecule has 2 saturated heterocycles. The number of carbonyl (C=O) groups is 1. The van der Waals surface area contributed by atoms with E-state index in [1.807, 2.05) is 30.1 Å². The van der Waals surface area contributed by atoms with E-state index in [1.165, 1.54) is 5.56 Å². The minimum Gasteiger partial charge on any atom is -0.354 e. The first-order valence-electron chi connectivity index (χ1n) is 12.1. The highest BCUT2D eigenvalue weighted by Crippen LogP contribution is 2.15. The molecule has 0 saturated carbocycles. The number of piperidine rings is 1. The van der Waals surface area contributed by atoms with Gasteiger partial charge in [-0.1, -0.05) is 42.5 Å². The number of benzene rings is 2. The molecule has 3 N–H and O–H groups in total. The Labute approximate surface area is 220 Å². The molecule has 2 heterocycles. The maximum atomic E-state index is 12.4. The molecule has 7 nitrogen and oxygen atoms in total. The van der Waals surface area contributed by atoms with Crippen molar-refractivity contribution in [2.24, 2.45) is 4.99 Å². The van der Waals surface area contributed by atoms with E-state index >= 15 is 0 Å². The summed E-state index contributed by atoms with van der Waals surface area (Å²) < 4.78 is 0. The van der Waals surface area contributed by atoms with Gasteiger partial charge in [-0.3, -0.25) is 9.89 Å². The monoisotopic (exact) mass is 576 g/mol. The fourth-order valence-electron chi connectivity index (χ4n) is 4.53. The van der Waals surface area contributed by atoms with Crippen molar-refractivity contribution in [2.45, 2.75) is 44.8 Å². The summed E-state index contributed by atoms with van der Waals surface area (Å²) in [6.45, 7) is 5.54. The Morgan fingerprint density at radius 2 is 1.68 bits per heavy atom. The van der Waals surface area contributed by atoms with Crippen LogP contribution >= 0.6 is 24.0 Å². The van der Waals surface area contributed by atoms with E-state index in [1.54, 1.807) is 0 Å². The molecule has 34 heavy (non-hydrogen) atoms. The van der Waals surface area contributed by atoms with Gasteiger partial charge in [0, 0.05) is 58.0 Å². The number of amides is 2. The molecule has 0 atom stereocenters. The molecule has 2 aromatic carbocycles. The molecule has 4 rings (SSSR count). The van der Waals surface area contributed by atoms with Gasteiger partial charge in [0.1, 0.15) is 0 Å². The predicted molar refractivity (Wildman–Crippen MR) is 150 cm³/mol. The largest absolute Gasteiger partial charge is 0.354 e. The molecule has 8 heteroatoms. The van der Waals surface area contributed by atoms with E-state index < -0.39 is 0 Å². The number of rotatable bonds is 6. The number of halogens is 1. The summed E-state index contributed by atoms with van der Waals surface area (Å²) >= 11 is 0. The Balaban J connectivity index is 0.00000324. The summed E-state index contributed by atoms with van der Waals surface area (Å²) in [4.78, 5) is 21.2. The van der Waals surface area contributed by atoms with Gasteiger partial charge in [-0.05, 0) is 48.9 Å². The molecule has 0 bridgehead atoms. The van der Waals surface area contributed by atoms with Gasteiger partial charge in [0.05, 0.1) is 0 Å². The summed E-state index contributed by atoms with van der Waals surface area (Å²) in [6, 6.07) is 19.1. The third-order valence-corrected chi connectivity index (χ3v) is 6.43. The zero-order chi connectivity index (χ0) is 22.9. The fraction of sp³-hybridized carbons (Fsp3) is 0.462. The number of urea groups is 1. The molecular formula is C26H37IN6O. The van der Waals surface area contributed by atoms with E-state index in [2.05, 4.69) is 62.2 Å². The minimum absolute atomic E-state index is 0. The zero-order valence-corrected chi connectivity index (χ0v) is 22.3. The minimum atomic E-state index is -0.00584. The van der Waals surface area contributed by atoms with Crippen LogP contribution in [0.2, 0.25) is 0 Å².